The fourth-order valence-electron chi connectivity index (χ4n) is 4.24. The lowest BCUT2D eigenvalue weighted by Crippen LogP contribution is -2.33. The molecule has 0 radical (unpaired) electrons. The van der Waals surface area contributed by atoms with E-state index < -0.39 is 12.6 Å². The normalized spacial score (nSPS) is 16.9. The van der Waals surface area contributed by atoms with Crippen LogP contribution < -0.4 is 10.6 Å². The smallest absolute Gasteiger partial charge is 0.389 e. The maximum Gasteiger partial charge on any atom is 0.389 e. The van der Waals surface area contributed by atoms with Crippen LogP contribution in [-0.2, 0) is 0 Å². The molecule has 5 heteroatoms. The Morgan fingerprint density at radius 1 is 1.07 bits per heavy atom. The average Bonchev–Trinajstić information content (AvgIpc) is 2.69. The molecular weight excluding hydrogens is 361 g/mol. The second-order valence-electron chi connectivity index (χ2n) is 7.75. The number of nitrogens with zero attached hydrogens (tertiary/aromatic N) is 1. The van der Waals surface area contributed by atoms with E-state index in [2.05, 4.69) is 29.2 Å². The van der Waals surface area contributed by atoms with Gasteiger partial charge in [0.2, 0.25) is 0 Å². The standard InChI is InChI=1S/C23H29F3N2/c1-2-17(10-13-23(24,25)26)20-8-9-22(21(27)16-20)28-14-11-19(12-15-28)18-6-4-3-5-7-18/h3-9,16-17,19H,2,10-15,27H2,1H3. The van der Waals surface area contributed by atoms with Crippen molar-refractivity contribution in [2.24, 2.45) is 0 Å². The zero-order valence-electron chi connectivity index (χ0n) is 16.4. The second-order valence-corrected chi connectivity index (χ2v) is 7.75. The van der Waals surface area contributed by atoms with Crippen molar-refractivity contribution in [1.29, 1.82) is 0 Å². The highest BCUT2D eigenvalue weighted by Gasteiger charge is 2.28. The lowest BCUT2D eigenvalue weighted by molar-refractivity contribution is -0.136. The van der Waals surface area contributed by atoms with Crippen molar-refractivity contribution in [2.75, 3.05) is 23.7 Å². The molecule has 1 fully saturated rings. The molecule has 28 heavy (non-hydrogen) atoms. The maximum absolute atomic E-state index is 12.6. The molecule has 1 unspecified atom stereocenters. The molecule has 152 valence electrons. The van der Waals surface area contributed by atoms with Crippen LogP contribution in [0.5, 0.6) is 0 Å². The van der Waals surface area contributed by atoms with E-state index in [-0.39, 0.29) is 12.3 Å². The van der Waals surface area contributed by atoms with Gasteiger partial charge in [-0.1, -0.05) is 43.3 Å². The molecule has 2 aromatic carbocycles. The first-order valence-corrected chi connectivity index (χ1v) is 10.1. The van der Waals surface area contributed by atoms with Crippen LogP contribution in [0, 0.1) is 0 Å². The summed E-state index contributed by atoms with van der Waals surface area (Å²) in [4.78, 5) is 2.30. The van der Waals surface area contributed by atoms with Crippen LogP contribution in [0.2, 0.25) is 0 Å². The lowest BCUT2D eigenvalue weighted by Gasteiger charge is -2.34. The van der Waals surface area contributed by atoms with E-state index in [1.54, 1.807) is 0 Å². The van der Waals surface area contributed by atoms with Gasteiger partial charge in [-0.25, -0.2) is 0 Å². The summed E-state index contributed by atoms with van der Waals surface area (Å²) in [5.74, 6) is 0.464. The van der Waals surface area contributed by atoms with Crippen molar-refractivity contribution in [2.45, 2.75) is 57.0 Å². The largest absolute Gasteiger partial charge is 0.397 e. The van der Waals surface area contributed by atoms with Gasteiger partial charge in [0.05, 0.1) is 11.4 Å². The van der Waals surface area contributed by atoms with Crippen molar-refractivity contribution < 1.29 is 13.2 Å². The van der Waals surface area contributed by atoms with Crippen LogP contribution in [-0.4, -0.2) is 19.3 Å². The number of nitrogen functional groups attached to an aromatic ring is 1. The molecular formula is C23H29F3N2. The van der Waals surface area contributed by atoms with Gasteiger partial charge >= 0.3 is 6.18 Å². The number of halogens is 3. The Hall–Kier alpha value is -2.17. The van der Waals surface area contributed by atoms with Gasteiger partial charge in [-0.15, -0.1) is 0 Å². The van der Waals surface area contributed by atoms with Crippen molar-refractivity contribution in [3.63, 3.8) is 0 Å². The Morgan fingerprint density at radius 2 is 1.75 bits per heavy atom. The monoisotopic (exact) mass is 390 g/mol. The quantitative estimate of drug-likeness (QED) is 0.571. The Morgan fingerprint density at radius 3 is 2.32 bits per heavy atom. The van der Waals surface area contributed by atoms with Crippen LogP contribution >= 0.6 is 0 Å². The summed E-state index contributed by atoms with van der Waals surface area (Å²) in [6, 6.07) is 16.4. The van der Waals surface area contributed by atoms with Gasteiger partial charge < -0.3 is 10.6 Å². The fraction of sp³-hybridized carbons (Fsp3) is 0.478. The highest BCUT2D eigenvalue weighted by Crippen LogP contribution is 2.36. The minimum absolute atomic E-state index is 0.109. The number of hydrogen-bond donors (Lipinski definition) is 1. The van der Waals surface area contributed by atoms with E-state index in [1.165, 1.54) is 5.56 Å². The van der Waals surface area contributed by atoms with Crippen molar-refractivity contribution in [3.05, 3.63) is 59.7 Å². The molecule has 0 bridgehead atoms. The first-order valence-electron chi connectivity index (χ1n) is 10.1. The summed E-state index contributed by atoms with van der Waals surface area (Å²) >= 11 is 0. The zero-order valence-corrected chi connectivity index (χ0v) is 16.4. The maximum atomic E-state index is 12.6. The van der Waals surface area contributed by atoms with Gasteiger partial charge in [0.15, 0.2) is 0 Å². The molecule has 0 saturated carbocycles. The predicted octanol–water partition coefficient (Wildman–Crippen LogP) is 6.49. The molecule has 2 N–H and O–H groups in total. The Kier molecular flexibility index (Phi) is 6.53. The van der Waals surface area contributed by atoms with Gasteiger partial charge in [0, 0.05) is 19.5 Å². The summed E-state index contributed by atoms with van der Waals surface area (Å²) in [7, 11) is 0. The predicted molar refractivity (Wildman–Crippen MR) is 110 cm³/mol. The molecule has 0 aliphatic carbocycles. The zero-order chi connectivity index (χ0) is 20.1. The average molecular weight is 390 g/mol. The van der Waals surface area contributed by atoms with Crippen LogP contribution in [0.15, 0.2) is 48.5 Å². The van der Waals surface area contributed by atoms with Crippen molar-refractivity contribution in [1.82, 2.24) is 0 Å². The van der Waals surface area contributed by atoms with Crippen molar-refractivity contribution >= 4 is 11.4 Å². The fourth-order valence-corrected chi connectivity index (χ4v) is 4.24. The molecule has 1 atom stereocenters. The Balaban J connectivity index is 1.64. The Labute approximate surface area is 165 Å². The van der Waals surface area contributed by atoms with Crippen LogP contribution in [0.1, 0.15) is 62.0 Å². The molecule has 0 aromatic heterocycles. The number of nitrogens with two attached hydrogens (primary N) is 1. The molecule has 2 aromatic rings. The topological polar surface area (TPSA) is 29.3 Å². The van der Waals surface area contributed by atoms with E-state index in [4.69, 9.17) is 5.73 Å². The van der Waals surface area contributed by atoms with Gasteiger partial charge in [-0.2, -0.15) is 13.2 Å². The summed E-state index contributed by atoms with van der Waals surface area (Å²) < 4.78 is 37.7. The number of hydrogen-bond acceptors (Lipinski definition) is 2. The summed E-state index contributed by atoms with van der Waals surface area (Å²) in [6.45, 7) is 3.81. The van der Waals surface area contributed by atoms with E-state index in [0.717, 1.165) is 37.2 Å². The number of anilines is 2. The Bertz CT molecular complexity index is 750. The summed E-state index contributed by atoms with van der Waals surface area (Å²) in [6.07, 6.45) is -1.91. The molecule has 0 amide bonds. The van der Waals surface area contributed by atoms with Crippen LogP contribution in [0.3, 0.4) is 0 Å². The molecule has 1 saturated heterocycles. The molecule has 1 aliphatic rings. The van der Waals surface area contributed by atoms with Crippen LogP contribution in [0.4, 0.5) is 24.5 Å². The number of benzene rings is 2. The number of rotatable bonds is 6. The second kappa shape index (κ2) is 8.89. The molecule has 0 spiro atoms. The lowest BCUT2D eigenvalue weighted by atomic mass is 9.88. The van der Waals surface area contributed by atoms with Gasteiger partial charge in [-0.3, -0.25) is 0 Å². The van der Waals surface area contributed by atoms with E-state index in [1.807, 2.05) is 31.2 Å². The highest BCUT2D eigenvalue weighted by atomic mass is 19.4. The first kappa shape index (κ1) is 20.6. The SMILES string of the molecule is CCC(CCC(F)(F)F)c1ccc(N2CCC(c3ccccc3)CC2)c(N)c1. The highest BCUT2D eigenvalue weighted by molar-refractivity contribution is 5.69. The molecule has 3 rings (SSSR count). The van der Waals surface area contributed by atoms with E-state index >= 15 is 0 Å². The van der Waals surface area contributed by atoms with Gasteiger partial charge in [0.25, 0.3) is 0 Å². The summed E-state index contributed by atoms with van der Waals surface area (Å²) in [5, 5.41) is 0. The summed E-state index contributed by atoms with van der Waals surface area (Å²) in [5.41, 5.74) is 10.3. The first-order chi connectivity index (χ1) is 13.4. The number of alkyl halides is 3. The molecule has 1 aliphatic heterocycles. The van der Waals surface area contributed by atoms with E-state index in [0.29, 0.717) is 18.0 Å². The number of piperidine rings is 1. The van der Waals surface area contributed by atoms with Gasteiger partial charge in [-0.05, 0) is 60.8 Å². The van der Waals surface area contributed by atoms with E-state index in [9.17, 15) is 13.2 Å². The minimum atomic E-state index is -4.11. The minimum Gasteiger partial charge on any atom is -0.397 e. The molecule has 1 heterocycles. The van der Waals surface area contributed by atoms with Crippen molar-refractivity contribution in [3.8, 4) is 0 Å². The third kappa shape index (κ3) is 5.21. The third-order valence-corrected chi connectivity index (χ3v) is 5.90. The third-order valence-electron chi connectivity index (χ3n) is 5.90. The van der Waals surface area contributed by atoms with Crippen LogP contribution in [0.25, 0.3) is 0 Å². The molecule has 2 nitrogen and oxygen atoms in total. The van der Waals surface area contributed by atoms with Gasteiger partial charge in [0.1, 0.15) is 0 Å².